The molecule has 7 heteroatoms. The summed E-state index contributed by atoms with van der Waals surface area (Å²) in [5, 5.41) is 27.1. The van der Waals surface area contributed by atoms with Crippen LogP contribution in [0.25, 0.3) is 133 Å². The second kappa shape index (κ2) is 26.8. The lowest BCUT2D eigenvalue weighted by Gasteiger charge is -2.46. The van der Waals surface area contributed by atoms with Gasteiger partial charge < -0.3 is 18.9 Å². The van der Waals surface area contributed by atoms with E-state index in [1.165, 1.54) is 32.7 Å². The minimum atomic E-state index is -0.366. The van der Waals surface area contributed by atoms with Crippen molar-refractivity contribution in [1.29, 1.82) is 10.5 Å². The molecule has 2 aromatic heterocycles. The largest absolute Gasteiger partial charge is 0.310 e. The van der Waals surface area contributed by atoms with E-state index in [-0.39, 0.29) is 17.5 Å². The van der Waals surface area contributed by atoms with Gasteiger partial charge >= 0.3 is 0 Å². The van der Waals surface area contributed by atoms with Gasteiger partial charge in [-0.05, 0) is 185 Å². The third kappa shape index (κ3) is 11.3. The first-order valence-corrected chi connectivity index (χ1v) is 39.0. The predicted molar refractivity (Wildman–Crippen MR) is 474 cm³/mol. The van der Waals surface area contributed by atoms with Crippen molar-refractivity contribution in [1.82, 2.24) is 9.13 Å². The van der Waals surface area contributed by atoms with Gasteiger partial charge in [0.1, 0.15) is 0 Å². The summed E-state index contributed by atoms with van der Waals surface area (Å²) in [5.74, 6) is 0. The molecule has 18 aromatic rings. The lowest BCUT2D eigenvalue weighted by molar-refractivity contribution is 0.590. The Kier molecular flexibility index (Phi) is 16.2. The Bertz CT molecular complexity index is 6810. The van der Waals surface area contributed by atoms with Crippen molar-refractivity contribution in [2.75, 3.05) is 9.80 Å². The Morgan fingerprint density at radius 3 is 0.920 bits per heavy atom. The van der Waals surface area contributed by atoms with Gasteiger partial charge in [-0.3, -0.25) is 0 Å². The van der Waals surface area contributed by atoms with Crippen molar-refractivity contribution in [2.45, 2.75) is 52.4 Å². The summed E-state index contributed by atoms with van der Waals surface area (Å²) in [6.45, 7) is 13.3. The van der Waals surface area contributed by atoms with Gasteiger partial charge in [0.05, 0.1) is 56.7 Å². The zero-order valence-electron chi connectivity index (χ0n) is 63.8. The summed E-state index contributed by atoms with van der Waals surface area (Å²) >= 11 is 0. The summed E-state index contributed by atoms with van der Waals surface area (Å²) in [7, 11) is 0. The van der Waals surface area contributed by atoms with Gasteiger partial charge in [-0.25, -0.2) is 0 Å². The van der Waals surface area contributed by atoms with E-state index in [2.05, 4.69) is 412 Å². The molecule has 534 valence electrons. The van der Waals surface area contributed by atoms with Crippen molar-refractivity contribution in [3.05, 3.63) is 380 Å². The van der Waals surface area contributed by atoms with Gasteiger partial charge in [-0.1, -0.05) is 302 Å². The molecule has 0 unspecified atom stereocenters. The third-order valence-corrected chi connectivity index (χ3v) is 23.5. The Morgan fingerprint density at radius 1 is 0.265 bits per heavy atom. The van der Waals surface area contributed by atoms with E-state index in [1.807, 2.05) is 18.2 Å². The van der Waals surface area contributed by atoms with Crippen LogP contribution in [0.15, 0.2) is 358 Å². The average Bonchev–Trinajstić information content (AvgIpc) is 1.61. The molecular formula is C106H77BN6. The monoisotopic (exact) mass is 1440 g/mol. The van der Waals surface area contributed by atoms with Crippen molar-refractivity contribution in [3.63, 3.8) is 0 Å². The first-order valence-electron chi connectivity index (χ1n) is 39.0. The van der Waals surface area contributed by atoms with Gasteiger partial charge in [0.2, 0.25) is 0 Å². The molecule has 4 heterocycles. The number of nitriles is 2. The molecule has 0 fully saturated rings. The van der Waals surface area contributed by atoms with Crippen LogP contribution in [0.4, 0.5) is 34.1 Å². The van der Waals surface area contributed by atoms with E-state index in [0.29, 0.717) is 16.7 Å². The van der Waals surface area contributed by atoms with E-state index >= 15 is 0 Å². The fraction of sp³-hybridized carbons (Fsp3) is 0.0755. The first-order chi connectivity index (χ1) is 55.3. The maximum absolute atomic E-state index is 11.2. The van der Waals surface area contributed by atoms with E-state index < -0.39 is 0 Å². The number of hydrogen-bond donors (Lipinski definition) is 0. The molecule has 0 saturated heterocycles. The lowest BCUT2D eigenvalue weighted by atomic mass is 9.33. The zero-order valence-corrected chi connectivity index (χ0v) is 63.8. The van der Waals surface area contributed by atoms with E-state index in [0.717, 1.165) is 156 Å². The number of fused-ring (bicyclic) bond motifs is 10. The minimum absolute atomic E-state index is 0.104. The number of nitrogens with zero attached hydrogens (tertiary/aromatic N) is 6. The van der Waals surface area contributed by atoms with Crippen LogP contribution >= 0.6 is 0 Å². The highest BCUT2D eigenvalue weighted by Crippen LogP contribution is 2.56. The molecule has 0 N–H and O–H groups in total. The molecule has 0 saturated carbocycles. The van der Waals surface area contributed by atoms with Gasteiger partial charge in [0, 0.05) is 83.5 Å². The molecule has 0 bridgehead atoms. The molecule has 20 rings (SSSR count). The summed E-state index contributed by atoms with van der Waals surface area (Å²) in [4.78, 5) is 5.29. The smallest absolute Gasteiger partial charge is 0.252 e. The summed E-state index contributed by atoms with van der Waals surface area (Å²) in [6.07, 6.45) is 0. The van der Waals surface area contributed by atoms with Crippen LogP contribution in [0, 0.1) is 22.7 Å². The highest BCUT2D eigenvalue weighted by Gasteiger charge is 2.46. The van der Waals surface area contributed by atoms with E-state index in [1.54, 1.807) is 0 Å². The van der Waals surface area contributed by atoms with Crippen LogP contribution < -0.4 is 26.2 Å². The number of rotatable bonds is 11. The second-order valence-electron chi connectivity index (χ2n) is 32.2. The van der Waals surface area contributed by atoms with Crippen LogP contribution in [-0.2, 0) is 10.8 Å². The standard InChI is InChI=1S/C106H77BN6/c1-105(2,3)79-50-46-72(47-51-79)88-59-76(68-28-11-7-12-29-68)58-87(70-32-15-9-16-33-70)103(88)112-97-64-81(110-93-42-23-19-38-83(93)84-39-20-24-43-94(84)110)54-56-91(97)107-92-57-55-82(111-95-44-25-21-40-85(95)86-41-22-26-45-96(86)111)65-98(92)113(100-63-77(62-99(112)102(100)107)69-30-13-8-14-31-69)104-89(71-34-17-10-18-35-71)60-78(101-74(66-108)36-27-37-75(101)67-109)61-90(104)73-48-52-80(53-49-73)106(4,5)6/h7-65H,1-6H3. The predicted octanol–water partition coefficient (Wildman–Crippen LogP) is 26.0. The highest BCUT2D eigenvalue weighted by atomic mass is 15.2. The van der Waals surface area contributed by atoms with Crippen LogP contribution in [0.2, 0.25) is 0 Å². The Balaban J connectivity index is 0.988. The van der Waals surface area contributed by atoms with Crippen molar-refractivity contribution in [3.8, 4) is 101 Å². The molecule has 0 aliphatic carbocycles. The fourth-order valence-electron chi connectivity index (χ4n) is 18.1. The number of benzene rings is 16. The Hall–Kier alpha value is -14.2. The molecule has 113 heavy (non-hydrogen) atoms. The average molecular weight is 1450 g/mol. The number of para-hydroxylation sites is 4. The molecule has 16 aromatic carbocycles. The molecule has 0 atom stereocenters. The topological polar surface area (TPSA) is 63.9 Å². The quantitative estimate of drug-likeness (QED) is 0.121. The molecular weight excluding hydrogens is 1370 g/mol. The van der Waals surface area contributed by atoms with Crippen molar-refractivity contribution >= 4 is 101 Å². The number of anilines is 6. The normalized spacial score (nSPS) is 12.4. The van der Waals surface area contributed by atoms with Crippen molar-refractivity contribution < 1.29 is 0 Å². The van der Waals surface area contributed by atoms with Crippen molar-refractivity contribution in [2.24, 2.45) is 0 Å². The van der Waals surface area contributed by atoms with Crippen LogP contribution in [0.1, 0.15) is 63.8 Å². The van der Waals surface area contributed by atoms with Gasteiger partial charge in [0.15, 0.2) is 0 Å². The molecule has 0 radical (unpaired) electrons. The van der Waals surface area contributed by atoms with E-state index in [4.69, 9.17) is 0 Å². The first kappa shape index (κ1) is 68.1. The van der Waals surface area contributed by atoms with Gasteiger partial charge in [-0.15, -0.1) is 0 Å². The molecule has 0 amide bonds. The number of aromatic nitrogens is 2. The highest BCUT2D eigenvalue weighted by molar-refractivity contribution is 7.00. The van der Waals surface area contributed by atoms with Crippen LogP contribution in [0.3, 0.4) is 0 Å². The lowest BCUT2D eigenvalue weighted by Crippen LogP contribution is -2.61. The Morgan fingerprint density at radius 2 is 0.575 bits per heavy atom. The van der Waals surface area contributed by atoms with Gasteiger partial charge in [-0.2, -0.15) is 10.5 Å². The fourth-order valence-corrected chi connectivity index (χ4v) is 18.1. The van der Waals surface area contributed by atoms with E-state index in [9.17, 15) is 10.5 Å². The summed E-state index contributed by atoms with van der Waals surface area (Å²) < 4.78 is 4.93. The third-order valence-electron chi connectivity index (χ3n) is 23.5. The van der Waals surface area contributed by atoms with Crippen LogP contribution in [-0.4, -0.2) is 15.8 Å². The summed E-state index contributed by atoms with van der Waals surface area (Å²) in [5.41, 5.74) is 32.9. The van der Waals surface area contributed by atoms with Crippen LogP contribution in [0.5, 0.6) is 0 Å². The number of hydrogen-bond acceptors (Lipinski definition) is 4. The zero-order chi connectivity index (χ0) is 76.4. The van der Waals surface area contributed by atoms with Gasteiger partial charge in [0.25, 0.3) is 6.71 Å². The maximum Gasteiger partial charge on any atom is 0.252 e. The molecule has 2 aliphatic rings. The minimum Gasteiger partial charge on any atom is -0.310 e. The molecule has 0 spiro atoms. The Labute approximate surface area is 660 Å². The SMILES string of the molecule is CC(C)(C)c1ccc(-c2cc(-c3ccccc3)cc(-c3ccccc3)c2N2c3cc(-n4c5ccccc5c5ccccc54)ccc3B3c4ccc(-n5c6ccccc6c6ccccc65)cc4N(c4c(-c5ccccc5)cc(-c5c(C#N)cccc5C#N)cc4-c4ccc(C(C)(C)C)cc4)c4cc(-c5ccccc5)cc2c43)cc1. The second-order valence-corrected chi connectivity index (χ2v) is 32.2. The summed E-state index contributed by atoms with van der Waals surface area (Å²) in [6, 6.07) is 137. The molecule has 6 nitrogen and oxygen atoms in total. The maximum atomic E-state index is 11.2. The molecule has 2 aliphatic heterocycles.